The zero-order chi connectivity index (χ0) is 13.3. The molecule has 109 valence electrons. The molecule has 0 saturated heterocycles. The molecule has 0 aliphatic heterocycles. The van der Waals surface area contributed by atoms with Crippen molar-refractivity contribution in [2.45, 2.75) is 90.4 Å². The van der Waals surface area contributed by atoms with Gasteiger partial charge in [-0.25, -0.2) is 0 Å². The van der Waals surface area contributed by atoms with Crippen molar-refractivity contribution in [3.05, 3.63) is 6.92 Å². The van der Waals surface area contributed by atoms with Gasteiger partial charge in [-0.15, -0.1) is 0 Å². The molecular weight excluding hydrogens is 220 g/mol. The molecule has 18 heavy (non-hydrogen) atoms. The molecule has 0 rings (SSSR count). The van der Waals surface area contributed by atoms with E-state index in [1.54, 1.807) is 0 Å². The Morgan fingerprint density at radius 1 is 0.611 bits per heavy atom. The van der Waals surface area contributed by atoms with E-state index in [-0.39, 0.29) is 0 Å². The molecule has 0 fully saturated rings. The third-order valence-corrected chi connectivity index (χ3v) is 3.43. The van der Waals surface area contributed by atoms with E-state index in [0.29, 0.717) is 0 Å². The average molecular weight is 255 g/mol. The lowest BCUT2D eigenvalue weighted by molar-refractivity contribution is 0.126. The molecule has 0 aliphatic rings. The third kappa shape index (κ3) is 16.0. The first-order valence-corrected chi connectivity index (χ1v) is 8.28. The smallest absolute Gasteiger partial charge is 0.0466 e. The first-order chi connectivity index (χ1) is 8.91. The average Bonchev–Trinajstić information content (AvgIpc) is 2.39. The summed E-state index contributed by atoms with van der Waals surface area (Å²) >= 11 is 0. The Hall–Kier alpha value is -0.0400. The van der Waals surface area contributed by atoms with E-state index < -0.39 is 0 Å². The monoisotopic (exact) mass is 255 g/mol. The van der Waals surface area contributed by atoms with Crippen molar-refractivity contribution in [3.8, 4) is 0 Å². The summed E-state index contributed by atoms with van der Waals surface area (Å²) < 4.78 is 5.62. The summed E-state index contributed by atoms with van der Waals surface area (Å²) in [6.07, 6.45) is 17.3. The van der Waals surface area contributed by atoms with Gasteiger partial charge in [0.25, 0.3) is 0 Å². The van der Waals surface area contributed by atoms with Crippen molar-refractivity contribution >= 4 is 0 Å². The van der Waals surface area contributed by atoms with Gasteiger partial charge in [0.15, 0.2) is 0 Å². The summed E-state index contributed by atoms with van der Waals surface area (Å²) in [5.74, 6) is 0. The van der Waals surface area contributed by atoms with Crippen molar-refractivity contribution in [2.75, 3.05) is 13.2 Å². The molecule has 0 aromatic heterocycles. The molecule has 0 aliphatic carbocycles. The van der Waals surface area contributed by atoms with Crippen molar-refractivity contribution in [2.24, 2.45) is 0 Å². The predicted octanol–water partition coefficient (Wildman–Crippen LogP) is 5.93. The minimum Gasteiger partial charge on any atom is -0.381 e. The molecule has 0 atom stereocenters. The van der Waals surface area contributed by atoms with Gasteiger partial charge in [-0.3, -0.25) is 0 Å². The fraction of sp³-hybridized carbons (Fsp3) is 0.941. The molecule has 0 amide bonds. The van der Waals surface area contributed by atoms with E-state index in [4.69, 9.17) is 4.74 Å². The minimum atomic E-state index is 0.955. The largest absolute Gasteiger partial charge is 0.381 e. The van der Waals surface area contributed by atoms with Crippen LogP contribution in [-0.2, 0) is 4.74 Å². The van der Waals surface area contributed by atoms with Crippen LogP contribution in [0.4, 0.5) is 0 Å². The Morgan fingerprint density at radius 3 is 1.56 bits per heavy atom. The van der Waals surface area contributed by atoms with Crippen LogP contribution in [0.1, 0.15) is 90.4 Å². The van der Waals surface area contributed by atoms with Crippen LogP contribution in [0, 0.1) is 6.92 Å². The lowest BCUT2D eigenvalue weighted by Gasteiger charge is -2.04. The molecule has 1 nitrogen and oxygen atoms in total. The molecule has 0 aromatic carbocycles. The Balaban J connectivity index is 2.86. The summed E-state index contributed by atoms with van der Waals surface area (Å²) in [5.41, 5.74) is 0. The Morgan fingerprint density at radius 2 is 1.06 bits per heavy atom. The molecule has 0 aromatic rings. The van der Waals surface area contributed by atoms with E-state index in [2.05, 4.69) is 13.8 Å². The second-order valence-electron chi connectivity index (χ2n) is 5.36. The molecule has 0 saturated carbocycles. The quantitative estimate of drug-likeness (QED) is 0.330. The second-order valence-corrected chi connectivity index (χ2v) is 5.36. The van der Waals surface area contributed by atoms with Gasteiger partial charge in [-0.05, 0) is 12.8 Å². The van der Waals surface area contributed by atoms with Crippen LogP contribution in [-0.4, -0.2) is 13.2 Å². The number of hydrogen-bond donors (Lipinski definition) is 0. The molecule has 0 unspecified atom stereocenters. The van der Waals surface area contributed by atoms with E-state index in [9.17, 15) is 0 Å². The Labute approximate surface area is 116 Å². The normalized spacial score (nSPS) is 11.0. The van der Waals surface area contributed by atoms with Gasteiger partial charge in [-0.1, -0.05) is 84.5 Å². The van der Waals surface area contributed by atoms with Gasteiger partial charge in [-0.2, -0.15) is 0 Å². The van der Waals surface area contributed by atoms with Crippen molar-refractivity contribution in [1.29, 1.82) is 0 Å². The van der Waals surface area contributed by atoms with Gasteiger partial charge in [0.1, 0.15) is 0 Å². The van der Waals surface area contributed by atoms with Crippen molar-refractivity contribution in [1.82, 2.24) is 0 Å². The highest BCUT2D eigenvalue weighted by atomic mass is 16.5. The summed E-state index contributed by atoms with van der Waals surface area (Å²) in [4.78, 5) is 0. The van der Waals surface area contributed by atoms with Crippen LogP contribution in [0.15, 0.2) is 0 Å². The van der Waals surface area contributed by atoms with Crippen molar-refractivity contribution < 1.29 is 4.74 Å². The summed E-state index contributed by atoms with van der Waals surface area (Å²) in [5, 5.41) is 0. The fourth-order valence-electron chi connectivity index (χ4n) is 2.17. The molecule has 0 spiro atoms. The maximum Gasteiger partial charge on any atom is 0.0466 e. The van der Waals surface area contributed by atoms with Crippen LogP contribution in [0.5, 0.6) is 0 Å². The predicted molar refractivity (Wildman–Crippen MR) is 81.9 cm³/mol. The van der Waals surface area contributed by atoms with Gasteiger partial charge >= 0.3 is 0 Å². The van der Waals surface area contributed by atoms with Crippen LogP contribution in [0.2, 0.25) is 0 Å². The Bertz CT molecular complexity index is 118. The van der Waals surface area contributed by atoms with Gasteiger partial charge in [0.05, 0.1) is 0 Å². The van der Waals surface area contributed by atoms with Crippen LogP contribution in [0.3, 0.4) is 0 Å². The lowest BCUT2D eigenvalue weighted by Crippen LogP contribution is -1.97. The zero-order valence-corrected chi connectivity index (χ0v) is 12.7. The second kappa shape index (κ2) is 17.0. The van der Waals surface area contributed by atoms with Gasteiger partial charge < -0.3 is 4.74 Å². The SMILES string of the molecule is [CH2]CCCCCOCCCCCCCCCCC. The van der Waals surface area contributed by atoms with Gasteiger partial charge in [0.2, 0.25) is 0 Å². The topological polar surface area (TPSA) is 9.23 Å². The maximum atomic E-state index is 5.62. The van der Waals surface area contributed by atoms with Crippen LogP contribution in [0.25, 0.3) is 0 Å². The minimum absolute atomic E-state index is 0.955. The first kappa shape index (κ1) is 18.0. The highest BCUT2D eigenvalue weighted by Crippen LogP contribution is 2.09. The molecule has 0 N–H and O–H groups in total. The van der Waals surface area contributed by atoms with Gasteiger partial charge in [0, 0.05) is 13.2 Å². The van der Waals surface area contributed by atoms with Crippen LogP contribution >= 0.6 is 0 Å². The number of ether oxygens (including phenoxy) is 1. The van der Waals surface area contributed by atoms with Crippen molar-refractivity contribution in [3.63, 3.8) is 0 Å². The third-order valence-electron chi connectivity index (χ3n) is 3.43. The molecule has 1 radical (unpaired) electrons. The highest BCUT2D eigenvalue weighted by molar-refractivity contribution is 4.47. The van der Waals surface area contributed by atoms with E-state index >= 15 is 0 Å². The molecule has 0 heterocycles. The highest BCUT2D eigenvalue weighted by Gasteiger charge is 1.93. The Kier molecular flexibility index (Phi) is 16.9. The number of rotatable bonds is 15. The standard InChI is InChI=1S/C17H35O/c1-3-5-7-9-10-11-12-13-15-17-18-16-14-8-6-4-2/h2-17H2,1H3. The fourth-order valence-corrected chi connectivity index (χ4v) is 2.17. The number of unbranched alkanes of at least 4 members (excludes halogenated alkanes) is 11. The number of hydrogen-bond acceptors (Lipinski definition) is 1. The first-order valence-electron chi connectivity index (χ1n) is 8.28. The summed E-state index contributed by atoms with van der Waals surface area (Å²) in [6, 6.07) is 0. The molecule has 0 bridgehead atoms. The molecular formula is C17H35O. The van der Waals surface area contributed by atoms with Crippen LogP contribution < -0.4 is 0 Å². The maximum absolute atomic E-state index is 5.62. The lowest BCUT2D eigenvalue weighted by atomic mass is 10.1. The van der Waals surface area contributed by atoms with E-state index in [1.807, 2.05) is 0 Å². The summed E-state index contributed by atoms with van der Waals surface area (Å²) in [6.45, 7) is 8.05. The summed E-state index contributed by atoms with van der Waals surface area (Å²) in [7, 11) is 0. The van der Waals surface area contributed by atoms with E-state index in [1.165, 1.54) is 77.0 Å². The zero-order valence-electron chi connectivity index (χ0n) is 12.7. The van der Waals surface area contributed by atoms with E-state index in [0.717, 1.165) is 19.6 Å². The molecule has 1 heteroatoms.